The first-order valence-electron chi connectivity index (χ1n) is 8.32. The molecule has 120 valence electrons. The third-order valence-electron chi connectivity index (χ3n) is 3.52. The monoisotopic (exact) mass is 293 g/mol. The molecule has 0 fully saturated rings. The van der Waals surface area contributed by atoms with Crippen LogP contribution >= 0.6 is 0 Å². The van der Waals surface area contributed by atoms with E-state index in [0.29, 0.717) is 0 Å². The zero-order valence-electron chi connectivity index (χ0n) is 13.9. The second-order valence-corrected chi connectivity index (χ2v) is 5.41. The fraction of sp³-hybridized carbons (Fsp3) is 0.667. The van der Waals surface area contributed by atoms with Gasteiger partial charge in [-0.1, -0.05) is 39.5 Å². The van der Waals surface area contributed by atoms with Crippen molar-refractivity contribution in [1.29, 1.82) is 0 Å². The summed E-state index contributed by atoms with van der Waals surface area (Å²) in [4.78, 5) is 0. The van der Waals surface area contributed by atoms with Gasteiger partial charge in [-0.3, -0.25) is 0 Å². The van der Waals surface area contributed by atoms with E-state index in [-0.39, 0.29) is 0 Å². The van der Waals surface area contributed by atoms with Crippen LogP contribution in [0, 0.1) is 0 Å². The highest BCUT2D eigenvalue weighted by atomic mass is 16.5. The van der Waals surface area contributed by atoms with Gasteiger partial charge in [-0.15, -0.1) is 0 Å². The molecule has 0 unspecified atom stereocenters. The first-order valence-corrected chi connectivity index (χ1v) is 8.32. The second kappa shape index (κ2) is 11.4. The van der Waals surface area contributed by atoms with Crippen LogP contribution in [0.15, 0.2) is 18.2 Å². The minimum absolute atomic E-state index is 0.802. The van der Waals surface area contributed by atoms with E-state index in [4.69, 9.17) is 9.47 Å². The molecule has 0 aliphatic carbocycles. The first kappa shape index (κ1) is 17.8. The van der Waals surface area contributed by atoms with E-state index in [2.05, 4.69) is 25.2 Å². The fourth-order valence-electron chi connectivity index (χ4n) is 2.25. The van der Waals surface area contributed by atoms with E-state index in [1.54, 1.807) is 7.11 Å². The van der Waals surface area contributed by atoms with Crippen molar-refractivity contribution in [1.82, 2.24) is 5.32 Å². The lowest BCUT2D eigenvalue weighted by Crippen LogP contribution is -2.15. The molecule has 0 aromatic heterocycles. The molecule has 0 bridgehead atoms. The number of unbranched alkanes of at least 4 members (excludes halogenated alkanes) is 4. The van der Waals surface area contributed by atoms with Crippen LogP contribution in [0.4, 0.5) is 0 Å². The lowest BCUT2D eigenvalue weighted by Gasteiger charge is -2.13. The molecule has 3 heteroatoms. The molecule has 0 amide bonds. The molecular weight excluding hydrogens is 262 g/mol. The average Bonchev–Trinajstić information content (AvgIpc) is 2.52. The topological polar surface area (TPSA) is 30.5 Å². The van der Waals surface area contributed by atoms with E-state index >= 15 is 0 Å². The molecule has 1 rings (SSSR count). The fourth-order valence-corrected chi connectivity index (χ4v) is 2.25. The van der Waals surface area contributed by atoms with Gasteiger partial charge in [0.1, 0.15) is 11.5 Å². The molecule has 1 aromatic rings. The van der Waals surface area contributed by atoms with Crippen LogP contribution in [0.25, 0.3) is 0 Å². The van der Waals surface area contributed by atoms with Crippen LogP contribution in [0.5, 0.6) is 11.5 Å². The van der Waals surface area contributed by atoms with Gasteiger partial charge in [0.2, 0.25) is 0 Å². The van der Waals surface area contributed by atoms with E-state index in [0.717, 1.165) is 44.0 Å². The summed E-state index contributed by atoms with van der Waals surface area (Å²) in [5.74, 6) is 1.87. The third-order valence-corrected chi connectivity index (χ3v) is 3.52. The Morgan fingerprint density at radius 2 is 1.81 bits per heavy atom. The molecule has 0 atom stereocenters. The number of nitrogens with one attached hydrogen (secondary N) is 1. The Morgan fingerprint density at radius 3 is 2.52 bits per heavy atom. The summed E-state index contributed by atoms with van der Waals surface area (Å²) in [6, 6.07) is 6.05. The van der Waals surface area contributed by atoms with Crippen LogP contribution in [-0.4, -0.2) is 20.3 Å². The normalized spacial score (nSPS) is 10.6. The summed E-state index contributed by atoms with van der Waals surface area (Å²) in [5.41, 5.74) is 1.18. The lowest BCUT2D eigenvalue weighted by atomic mass is 10.1. The predicted molar refractivity (Wildman–Crippen MR) is 89.2 cm³/mol. The summed E-state index contributed by atoms with van der Waals surface area (Å²) in [6.45, 7) is 7.07. The molecule has 0 radical (unpaired) electrons. The van der Waals surface area contributed by atoms with E-state index in [1.807, 2.05) is 12.1 Å². The van der Waals surface area contributed by atoms with Gasteiger partial charge >= 0.3 is 0 Å². The molecule has 0 spiro atoms. The summed E-state index contributed by atoms with van der Waals surface area (Å²) >= 11 is 0. The average molecular weight is 293 g/mol. The van der Waals surface area contributed by atoms with Gasteiger partial charge in [-0.2, -0.15) is 0 Å². The minimum Gasteiger partial charge on any atom is -0.497 e. The maximum atomic E-state index is 5.95. The van der Waals surface area contributed by atoms with Crippen LogP contribution in [0.2, 0.25) is 0 Å². The predicted octanol–water partition coefficient (Wildman–Crippen LogP) is 4.54. The van der Waals surface area contributed by atoms with E-state index in [9.17, 15) is 0 Å². The molecule has 21 heavy (non-hydrogen) atoms. The molecule has 0 aliphatic heterocycles. The SMILES string of the molecule is CCCCCCCOc1ccc(OC)cc1CNCCC. The van der Waals surface area contributed by atoms with Crippen molar-refractivity contribution in [3.63, 3.8) is 0 Å². The van der Waals surface area contributed by atoms with Crippen LogP contribution in [-0.2, 0) is 6.54 Å². The molecule has 1 aromatic carbocycles. The first-order chi connectivity index (χ1) is 10.3. The zero-order valence-corrected chi connectivity index (χ0v) is 13.9. The largest absolute Gasteiger partial charge is 0.497 e. The van der Waals surface area contributed by atoms with E-state index < -0.39 is 0 Å². The Balaban J connectivity index is 2.46. The van der Waals surface area contributed by atoms with Crippen molar-refractivity contribution in [3.8, 4) is 11.5 Å². The highest BCUT2D eigenvalue weighted by Crippen LogP contribution is 2.24. The van der Waals surface area contributed by atoms with Gasteiger partial charge in [-0.25, -0.2) is 0 Å². The van der Waals surface area contributed by atoms with Crippen molar-refractivity contribution in [2.75, 3.05) is 20.3 Å². The van der Waals surface area contributed by atoms with Crippen LogP contribution < -0.4 is 14.8 Å². The number of benzene rings is 1. The molecule has 0 heterocycles. The smallest absolute Gasteiger partial charge is 0.124 e. The highest BCUT2D eigenvalue weighted by molar-refractivity contribution is 5.40. The summed E-state index contributed by atoms with van der Waals surface area (Å²) in [5, 5.41) is 3.43. The molecular formula is C18H31NO2. The highest BCUT2D eigenvalue weighted by Gasteiger charge is 2.05. The summed E-state index contributed by atoms with van der Waals surface area (Å²) in [6.07, 6.45) is 7.45. The van der Waals surface area contributed by atoms with E-state index in [1.165, 1.54) is 31.2 Å². The van der Waals surface area contributed by atoms with Crippen molar-refractivity contribution < 1.29 is 9.47 Å². The zero-order chi connectivity index (χ0) is 15.3. The second-order valence-electron chi connectivity index (χ2n) is 5.41. The van der Waals surface area contributed by atoms with Gasteiger partial charge in [0.05, 0.1) is 13.7 Å². The molecule has 3 nitrogen and oxygen atoms in total. The maximum Gasteiger partial charge on any atom is 0.124 e. The molecule has 0 saturated carbocycles. The Kier molecular flexibility index (Phi) is 9.71. The van der Waals surface area contributed by atoms with Crippen molar-refractivity contribution in [2.24, 2.45) is 0 Å². The molecule has 0 aliphatic rings. The van der Waals surface area contributed by atoms with Gasteiger partial charge < -0.3 is 14.8 Å². The Labute approximate surface area is 130 Å². The number of ether oxygens (including phenoxy) is 2. The van der Waals surface area contributed by atoms with Crippen molar-refractivity contribution in [2.45, 2.75) is 58.9 Å². The van der Waals surface area contributed by atoms with Crippen LogP contribution in [0.1, 0.15) is 57.9 Å². The number of rotatable bonds is 12. The molecule has 0 saturated heterocycles. The lowest BCUT2D eigenvalue weighted by molar-refractivity contribution is 0.300. The third kappa shape index (κ3) is 7.37. The van der Waals surface area contributed by atoms with Crippen LogP contribution in [0.3, 0.4) is 0 Å². The minimum atomic E-state index is 0.802. The quantitative estimate of drug-likeness (QED) is 0.574. The molecule has 1 N–H and O–H groups in total. The Bertz CT molecular complexity index is 379. The van der Waals surface area contributed by atoms with Gasteiger partial charge in [0.15, 0.2) is 0 Å². The number of methoxy groups -OCH3 is 1. The standard InChI is InChI=1S/C18H31NO2/c1-4-6-7-8-9-13-21-18-11-10-17(20-3)14-16(18)15-19-12-5-2/h10-11,14,19H,4-9,12-13,15H2,1-3H3. The van der Waals surface area contributed by atoms with Gasteiger partial charge in [0, 0.05) is 12.1 Å². The number of hydrogen-bond donors (Lipinski definition) is 1. The summed E-state index contributed by atoms with van der Waals surface area (Å²) in [7, 11) is 1.70. The summed E-state index contributed by atoms with van der Waals surface area (Å²) < 4.78 is 11.3. The van der Waals surface area contributed by atoms with Gasteiger partial charge in [-0.05, 0) is 37.6 Å². The Morgan fingerprint density at radius 1 is 1.00 bits per heavy atom. The van der Waals surface area contributed by atoms with Crippen molar-refractivity contribution in [3.05, 3.63) is 23.8 Å². The van der Waals surface area contributed by atoms with Gasteiger partial charge in [0.25, 0.3) is 0 Å². The number of hydrogen-bond acceptors (Lipinski definition) is 3. The van der Waals surface area contributed by atoms with Crippen molar-refractivity contribution >= 4 is 0 Å². The Hall–Kier alpha value is -1.22. The maximum absolute atomic E-state index is 5.95.